The Hall–Kier alpha value is -1.59. The highest BCUT2D eigenvalue weighted by molar-refractivity contribution is 5.72. The second kappa shape index (κ2) is 5.19. The summed E-state index contributed by atoms with van der Waals surface area (Å²) < 4.78 is 5.07. The van der Waals surface area contributed by atoms with Crippen molar-refractivity contribution in [2.75, 3.05) is 20.6 Å². The number of hydrogen-bond donors (Lipinski definition) is 2. The standard InChI is InChI=1S/C14H21N3O2/c1-14(2,15-3)9-17(4)8-10-5-6-11-12(7-10)19-13(18)16-11/h5-7,15H,8-9H2,1-4H3,(H,16,18). The van der Waals surface area contributed by atoms with Gasteiger partial charge in [0.05, 0.1) is 5.52 Å². The first-order valence-corrected chi connectivity index (χ1v) is 6.39. The number of nitrogens with one attached hydrogen (secondary N) is 2. The molecule has 0 unspecified atom stereocenters. The van der Waals surface area contributed by atoms with Crippen LogP contribution in [0.1, 0.15) is 19.4 Å². The van der Waals surface area contributed by atoms with Crippen molar-refractivity contribution in [1.82, 2.24) is 15.2 Å². The van der Waals surface area contributed by atoms with Gasteiger partial charge in [-0.1, -0.05) is 6.07 Å². The smallest absolute Gasteiger partial charge is 0.408 e. The fourth-order valence-corrected chi connectivity index (χ4v) is 2.21. The molecule has 5 nitrogen and oxygen atoms in total. The minimum Gasteiger partial charge on any atom is -0.408 e. The summed E-state index contributed by atoms with van der Waals surface area (Å²) in [7, 11) is 4.05. The normalized spacial score (nSPS) is 12.5. The molecule has 0 aliphatic rings. The van der Waals surface area contributed by atoms with E-state index in [0.29, 0.717) is 5.58 Å². The maximum atomic E-state index is 11.1. The molecule has 0 fully saturated rings. The average Bonchev–Trinajstić information content (AvgIpc) is 2.67. The molecular weight excluding hydrogens is 242 g/mol. The van der Waals surface area contributed by atoms with Gasteiger partial charge in [-0.05, 0) is 45.6 Å². The third-order valence-corrected chi connectivity index (χ3v) is 3.28. The maximum absolute atomic E-state index is 11.1. The molecule has 0 amide bonds. The summed E-state index contributed by atoms with van der Waals surface area (Å²) in [6, 6.07) is 5.80. The minimum absolute atomic E-state index is 0.0689. The van der Waals surface area contributed by atoms with Crippen LogP contribution in [0.3, 0.4) is 0 Å². The molecule has 0 aliphatic heterocycles. The van der Waals surface area contributed by atoms with Gasteiger partial charge >= 0.3 is 5.76 Å². The van der Waals surface area contributed by atoms with Crippen LogP contribution >= 0.6 is 0 Å². The summed E-state index contributed by atoms with van der Waals surface area (Å²) in [4.78, 5) is 16.0. The van der Waals surface area contributed by atoms with E-state index >= 15 is 0 Å². The Kier molecular flexibility index (Phi) is 3.78. The van der Waals surface area contributed by atoms with Crippen molar-refractivity contribution in [3.63, 3.8) is 0 Å². The first-order chi connectivity index (χ1) is 8.89. The third-order valence-electron chi connectivity index (χ3n) is 3.28. The molecule has 1 aromatic heterocycles. The van der Waals surface area contributed by atoms with Crippen molar-refractivity contribution in [2.45, 2.75) is 25.9 Å². The van der Waals surface area contributed by atoms with E-state index < -0.39 is 5.76 Å². The second-order valence-electron chi connectivity index (χ2n) is 5.65. The van der Waals surface area contributed by atoms with Crippen LogP contribution in [0.25, 0.3) is 11.1 Å². The molecule has 19 heavy (non-hydrogen) atoms. The predicted molar refractivity (Wildman–Crippen MR) is 76.3 cm³/mol. The van der Waals surface area contributed by atoms with Crippen LogP contribution in [-0.2, 0) is 6.54 Å². The molecule has 1 heterocycles. The van der Waals surface area contributed by atoms with Crippen LogP contribution in [0.15, 0.2) is 27.4 Å². The number of rotatable bonds is 5. The molecular formula is C14H21N3O2. The van der Waals surface area contributed by atoms with Gasteiger partial charge in [-0.25, -0.2) is 4.79 Å². The maximum Gasteiger partial charge on any atom is 0.417 e. The van der Waals surface area contributed by atoms with Crippen LogP contribution in [-0.4, -0.2) is 36.1 Å². The molecule has 0 bridgehead atoms. The number of benzene rings is 1. The number of H-pyrrole nitrogens is 1. The monoisotopic (exact) mass is 263 g/mol. The van der Waals surface area contributed by atoms with Gasteiger partial charge in [0.15, 0.2) is 5.58 Å². The van der Waals surface area contributed by atoms with E-state index in [9.17, 15) is 4.79 Å². The van der Waals surface area contributed by atoms with Crippen molar-refractivity contribution in [3.05, 3.63) is 34.3 Å². The lowest BCUT2D eigenvalue weighted by Crippen LogP contribution is -2.46. The number of nitrogens with zero attached hydrogens (tertiary/aromatic N) is 1. The first kappa shape index (κ1) is 13.8. The number of aromatic nitrogens is 1. The molecule has 2 rings (SSSR count). The topological polar surface area (TPSA) is 61.3 Å². The lowest BCUT2D eigenvalue weighted by atomic mass is 10.1. The molecule has 0 saturated carbocycles. The Morgan fingerprint density at radius 1 is 1.42 bits per heavy atom. The molecule has 5 heteroatoms. The lowest BCUT2D eigenvalue weighted by molar-refractivity contribution is 0.238. The highest BCUT2D eigenvalue weighted by Crippen LogP contribution is 2.14. The van der Waals surface area contributed by atoms with Crippen LogP contribution in [0.2, 0.25) is 0 Å². The van der Waals surface area contributed by atoms with Crippen LogP contribution in [0.5, 0.6) is 0 Å². The molecule has 0 radical (unpaired) electrons. The Morgan fingerprint density at radius 2 is 2.16 bits per heavy atom. The number of likely N-dealkylation sites (N-methyl/N-ethyl adjacent to an activating group) is 2. The molecule has 104 valence electrons. The van der Waals surface area contributed by atoms with E-state index in [1.807, 2.05) is 25.2 Å². The summed E-state index contributed by atoms with van der Waals surface area (Å²) >= 11 is 0. The SMILES string of the molecule is CNC(C)(C)CN(C)Cc1ccc2[nH]c(=O)oc2c1. The molecule has 0 atom stereocenters. The zero-order valence-corrected chi connectivity index (χ0v) is 11.9. The molecule has 0 saturated heterocycles. The number of aromatic amines is 1. The van der Waals surface area contributed by atoms with Gasteiger partial charge in [0, 0.05) is 18.6 Å². The molecule has 0 aliphatic carbocycles. The Labute approximate surface area is 112 Å². The van der Waals surface area contributed by atoms with Gasteiger partial charge in [-0.3, -0.25) is 4.98 Å². The van der Waals surface area contributed by atoms with E-state index in [0.717, 1.165) is 24.2 Å². The summed E-state index contributed by atoms with van der Waals surface area (Å²) in [6.45, 7) is 6.07. The van der Waals surface area contributed by atoms with Crippen molar-refractivity contribution in [2.24, 2.45) is 0 Å². The highest BCUT2D eigenvalue weighted by atomic mass is 16.4. The van der Waals surface area contributed by atoms with Gasteiger partial charge in [0.2, 0.25) is 0 Å². The second-order valence-corrected chi connectivity index (χ2v) is 5.65. The van der Waals surface area contributed by atoms with Crippen LogP contribution in [0.4, 0.5) is 0 Å². The Morgan fingerprint density at radius 3 is 2.84 bits per heavy atom. The quantitative estimate of drug-likeness (QED) is 0.859. The van der Waals surface area contributed by atoms with Crippen molar-refractivity contribution < 1.29 is 4.42 Å². The fraction of sp³-hybridized carbons (Fsp3) is 0.500. The molecule has 1 aromatic carbocycles. The van der Waals surface area contributed by atoms with Gasteiger partial charge in [0.25, 0.3) is 0 Å². The van der Waals surface area contributed by atoms with E-state index in [-0.39, 0.29) is 5.54 Å². The fourth-order valence-electron chi connectivity index (χ4n) is 2.21. The van der Waals surface area contributed by atoms with Gasteiger partial charge < -0.3 is 14.6 Å². The van der Waals surface area contributed by atoms with Gasteiger partial charge in [0.1, 0.15) is 0 Å². The van der Waals surface area contributed by atoms with E-state index in [1.54, 1.807) is 0 Å². The number of oxazole rings is 1. The third kappa shape index (κ3) is 3.45. The molecule has 0 spiro atoms. The molecule has 2 N–H and O–H groups in total. The summed E-state index contributed by atoms with van der Waals surface area (Å²) in [5.74, 6) is -0.406. The van der Waals surface area contributed by atoms with Crippen molar-refractivity contribution in [3.8, 4) is 0 Å². The van der Waals surface area contributed by atoms with Gasteiger partial charge in [-0.15, -0.1) is 0 Å². The van der Waals surface area contributed by atoms with Crippen molar-refractivity contribution >= 4 is 11.1 Å². The van der Waals surface area contributed by atoms with Crippen LogP contribution in [0, 0.1) is 0 Å². The zero-order valence-electron chi connectivity index (χ0n) is 11.9. The van der Waals surface area contributed by atoms with Gasteiger partial charge in [-0.2, -0.15) is 0 Å². The highest BCUT2D eigenvalue weighted by Gasteiger charge is 2.17. The number of fused-ring (bicyclic) bond motifs is 1. The lowest BCUT2D eigenvalue weighted by Gasteiger charge is -2.30. The Balaban J connectivity index is 2.10. The Bertz CT molecular complexity index is 612. The van der Waals surface area contributed by atoms with E-state index in [1.165, 1.54) is 0 Å². The van der Waals surface area contributed by atoms with E-state index in [4.69, 9.17) is 4.42 Å². The van der Waals surface area contributed by atoms with Crippen molar-refractivity contribution in [1.29, 1.82) is 0 Å². The summed E-state index contributed by atoms with van der Waals surface area (Å²) in [5.41, 5.74) is 2.56. The average molecular weight is 263 g/mol. The minimum atomic E-state index is -0.406. The first-order valence-electron chi connectivity index (χ1n) is 6.39. The summed E-state index contributed by atoms with van der Waals surface area (Å²) in [6.07, 6.45) is 0. The number of hydrogen-bond acceptors (Lipinski definition) is 4. The largest absolute Gasteiger partial charge is 0.417 e. The molecule has 2 aromatic rings. The van der Waals surface area contributed by atoms with Crippen LogP contribution < -0.4 is 11.1 Å². The predicted octanol–water partition coefficient (Wildman–Crippen LogP) is 1.55. The van der Waals surface area contributed by atoms with E-state index in [2.05, 4.69) is 36.1 Å². The zero-order chi connectivity index (χ0) is 14.0. The summed E-state index contributed by atoms with van der Waals surface area (Å²) in [5, 5.41) is 3.28.